The van der Waals surface area contributed by atoms with Gasteiger partial charge in [0, 0.05) is 25.2 Å². The van der Waals surface area contributed by atoms with Crippen LogP contribution in [-0.4, -0.2) is 27.7 Å². The van der Waals surface area contributed by atoms with Gasteiger partial charge in [-0.1, -0.05) is 37.6 Å². The van der Waals surface area contributed by atoms with Crippen molar-refractivity contribution in [3.8, 4) is 0 Å². The van der Waals surface area contributed by atoms with Crippen molar-refractivity contribution in [3.63, 3.8) is 0 Å². The van der Waals surface area contributed by atoms with E-state index in [1.165, 1.54) is 0 Å². The largest absolute Gasteiger partial charge is 0.355 e. The highest BCUT2D eigenvalue weighted by molar-refractivity contribution is 6.33. The minimum absolute atomic E-state index is 0.178. The lowest BCUT2D eigenvalue weighted by Crippen LogP contribution is -2.19. The van der Waals surface area contributed by atoms with Gasteiger partial charge in [0.1, 0.15) is 11.6 Å². The molecule has 3 rings (SSSR count). The van der Waals surface area contributed by atoms with Crippen molar-refractivity contribution in [2.75, 3.05) is 17.7 Å². The Morgan fingerprint density at radius 2 is 1.80 bits per heavy atom. The molecule has 8 heteroatoms. The molecular formula is C22H29ClN6O. The Hall–Kier alpha value is -3.06. The van der Waals surface area contributed by atoms with Crippen LogP contribution >= 0.6 is 11.6 Å². The van der Waals surface area contributed by atoms with E-state index >= 15 is 0 Å². The van der Waals surface area contributed by atoms with Crippen molar-refractivity contribution >= 4 is 40.5 Å². The van der Waals surface area contributed by atoms with Crippen LogP contribution in [0.1, 0.15) is 49.8 Å². The topological polar surface area (TPSA) is 83.9 Å². The zero-order valence-corrected chi connectivity index (χ0v) is 19.0. The van der Waals surface area contributed by atoms with Crippen LogP contribution in [-0.2, 0) is 0 Å². The minimum Gasteiger partial charge on any atom is -0.355 e. The van der Waals surface area contributed by atoms with Crippen LogP contribution in [0.3, 0.4) is 0 Å². The van der Waals surface area contributed by atoms with Crippen molar-refractivity contribution in [3.05, 3.63) is 58.9 Å². The molecule has 30 heavy (non-hydrogen) atoms. The van der Waals surface area contributed by atoms with Crippen molar-refractivity contribution in [1.29, 1.82) is 0 Å². The van der Waals surface area contributed by atoms with E-state index in [-0.39, 0.29) is 11.9 Å². The second kappa shape index (κ2) is 10.6. The number of hydrogen-bond donors (Lipinski definition) is 3. The number of rotatable bonds is 6. The molecule has 0 saturated carbocycles. The normalized spacial score (nSPS) is 10.3. The molecule has 0 aliphatic heterocycles. The summed E-state index contributed by atoms with van der Waals surface area (Å²) in [5, 5.41) is 14.1. The number of pyridine rings is 1. The molecule has 0 saturated heterocycles. The first-order valence-corrected chi connectivity index (χ1v) is 10.3. The first-order valence-electron chi connectivity index (χ1n) is 9.96. The summed E-state index contributed by atoms with van der Waals surface area (Å²) in [4.78, 5) is 16.5. The summed E-state index contributed by atoms with van der Waals surface area (Å²) in [5.41, 5.74) is 2.75. The zero-order valence-electron chi connectivity index (χ0n) is 18.2. The van der Waals surface area contributed by atoms with Crippen LogP contribution in [0, 0.1) is 6.92 Å². The van der Waals surface area contributed by atoms with Gasteiger partial charge in [-0.2, -0.15) is 5.10 Å². The number of halogens is 1. The Labute approximate surface area is 182 Å². The first kappa shape index (κ1) is 23.2. The van der Waals surface area contributed by atoms with Gasteiger partial charge < -0.3 is 16.0 Å². The van der Waals surface area contributed by atoms with Gasteiger partial charge in [-0.15, -0.1) is 0 Å². The van der Waals surface area contributed by atoms with E-state index in [0.29, 0.717) is 27.8 Å². The van der Waals surface area contributed by atoms with E-state index in [2.05, 4.69) is 39.9 Å². The molecule has 1 amide bonds. The molecule has 160 valence electrons. The molecule has 1 aromatic carbocycles. The minimum atomic E-state index is -0.178. The van der Waals surface area contributed by atoms with E-state index in [0.717, 1.165) is 11.5 Å². The number of aryl methyl sites for hydroxylation is 1. The molecule has 0 radical (unpaired) electrons. The van der Waals surface area contributed by atoms with Gasteiger partial charge in [-0.05, 0) is 32.9 Å². The monoisotopic (exact) mass is 428 g/mol. The average Bonchev–Trinajstić information content (AvgIpc) is 3.12. The fourth-order valence-electron chi connectivity index (χ4n) is 2.81. The predicted octanol–water partition coefficient (Wildman–Crippen LogP) is 5.69. The number of hydrogen-bond acceptors (Lipinski definition) is 5. The molecule has 7 nitrogen and oxygen atoms in total. The average molecular weight is 429 g/mol. The summed E-state index contributed by atoms with van der Waals surface area (Å²) in [5.74, 6) is 1.29. The Balaban J connectivity index is 0.00000155. The van der Waals surface area contributed by atoms with Gasteiger partial charge in [0.05, 0.1) is 33.9 Å². The molecule has 3 N–H and O–H groups in total. The number of anilines is 4. The summed E-state index contributed by atoms with van der Waals surface area (Å²) in [7, 11) is 1.60. The van der Waals surface area contributed by atoms with Crippen LogP contribution in [0.2, 0.25) is 5.02 Å². The van der Waals surface area contributed by atoms with Crippen LogP contribution < -0.4 is 16.0 Å². The highest BCUT2D eigenvalue weighted by atomic mass is 35.5. The van der Waals surface area contributed by atoms with E-state index < -0.39 is 0 Å². The van der Waals surface area contributed by atoms with E-state index in [9.17, 15) is 4.79 Å². The molecular weight excluding hydrogens is 400 g/mol. The summed E-state index contributed by atoms with van der Waals surface area (Å²) >= 11 is 6.33. The molecule has 2 aromatic heterocycles. The summed E-state index contributed by atoms with van der Waals surface area (Å²) < 4.78 is 1.90. The lowest BCUT2D eigenvalue weighted by Gasteiger charge is -2.15. The Morgan fingerprint density at radius 1 is 1.10 bits per heavy atom. The highest BCUT2D eigenvalue weighted by Gasteiger charge is 2.13. The zero-order chi connectivity index (χ0) is 22.3. The van der Waals surface area contributed by atoms with Crippen LogP contribution in [0.15, 0.2) is 42.6 Å². The fourth-order valence-corrected chi connectivity index (χ4v) is 2.96. The number of nitrogens with one attached hydrogen (secondary N) is 3. The second-order valence-corrected chi connectivity index (χ2v) is 7.04. The quantitative estimate of drug-likeness (QED) is 0.469. The van der Waals surface area contributed by atoms with Crippen molar-refractivity contribution in [2.45, 2.75) is 40.7 Å². The van der Waals surface area contributed by atoms with Crippen LogP contribution in [0.4, 0.5) is 23.0 Å². The molecule has 0 unspecified atom stereocenters. The van der Waals surface area contributed by atoms with Crippen molar-refractivity contribution < 1.29 is 4.79 Å². The van der Waals surface area contributed by atoms with Gasteiger partial charge in [0.25, 0.3) is 5.91 Å². The number of aromatic nitrogens is 3. The molecule has 0 aliphatic rings. The highest BCUT2D eigenvalue weighted by Crippen LogP contribution is 2.30. The molecule has 0 fully saturated rings. The third-order valence-electron chi connectivity index (χ3n) is 4.13. The number of amides is 1. The van der Waals surface area contributed by atoms with Gasteiger partial charge in [0.2, 0.25) is 0 Å². The number of carbonyl (C=O) groups excluding carboxylic acids is 1. The smallest absolute Gasteiger partial charge is 0.253 e. The lowest BCUT2D eigenvalue weighted by molar-refractivity contribution is 0.0964. The van der Waals surface area contributed by atoms with E-state index in [1.54, 1.807) is 25.4 Å². The number of nitrogens with zero attached hydrogens (tertiary/aromatic N) is 3. The predicted molar refractivity (Wildman–Crippen MR) is 124 cm³/mol. The Morgan fingerprint density at radius 3 is 2.47 bits per heavy atom. The second-order valence-electron chi connectivity index (χ2n) is 6.63. The SMILES string of the molecule is CC.CNC(=O)c1ccccc1Nc1cc(Nc2cc(C)nn2C(C)C)ncc1Cl. The van der Waals surface area contributed by atoms with E-state index in [1.807, 2.05) is 49.7 Å². The standard InChI is InChI=1S/C20H23ClN6O.C2H6/c1-12(2)27-19(9-13(3)26-27)25-18-10-17(15(21)11-23-18)24-16-8-6-5-7-14(16)20(28)22-4;1-2/h5-12H,1-4H3,(H,22,28)(H2,23,24,25);1-2H3. The van der Waals surface area contributed by atoms with Crippen LogP contribution in [0.25, 0.3) is 0 Å². The van der Waals surface area contributed by atoms with Crippen LogP contribution in [0.5, 0.6) is 0 Å². The van der Waals surface area contributed by atoms with Gasteiger partial charge in [-0.3, -0.25) is 4.79 Å². The molecule has 2 heterocycles. The van der Waals surface area contributed by atoms with E-state index in [4.69, 9.17) is 11.6 Å². The van der Waals surface area contributed by atoms with Gasteiger partial charge in [-0.25, -0.2) is 9.67 Å². The molecule has 0 aliphatic carbocycles. The maximum absolute atomic E-state index is 12.1. The summed E-state index contributed by atoms with van der Waals surface area (Å²) in [6.07, 6.45) is 1.57. The molecule has 0 spiro atoms. The summed E-state index contributed by atoms with van der Waals surface area (Å²) in [6, 6.07) is 11.2. The molecule has 3 aromatic rings. The maximum Gasteiger partial charge on any atom is 0.253 e. The van der Waals surface area contributed by atoms with Gasteiger partial charge in [0.15, 0.2) is 0 Å². The van der Waals surface area contributed by atoms with Crippen molar-refractivity contribution in [1.82, 2.24) is 20.1 Å². The Bertz CT molecular complexity index is 999. The van der Waals surface area contributed by atoms with Crippen molar-refractivity contribution in [2.24, 2.45) is 0 Å². The third-order valence-corrected chi connectivity index (χ3v) is 4.43. The number of benzene rings is 1. The Kier molecular flexibility index (Phi) is 8.24. The fraction of sp³-hybridized carbons (Fsp3) is 0.318. The molecule has 0 atom stereocenters. The third kappa shape index (κ3) is 5.51. The first-order chi connectivity index (χ1) is 14.4. The van der Waals surface area contributed by atoms with Gasteiger partial charge >= 0.3 is 0 Å². The molecule has 0 bridgehead atoms. The lowest BCUT2D eigenvalue weighted by atomic mass is 10.1. The number of carbonyl (C=O) groups is 1. The summed E-state index contributed by atoms with van der Waals surface area (Å²) in [6.45, 7) is 10.1. The number of para-hydroxylation sites is 1. The maximum atomic E-state index is 12.1.